The van der Waals surface area contributed by atoms with Gasteiger partial charge in [0.1, 0.15) is 13.1 Å². The van der Waals surface area contributed by atoms with Crippen molar-refractivity contribution < 1.29 is 4.48 Å². The van der Waals surface area contributed by atoms with Crippen LogP contribution >= 0.6 is 0 Å². The quantitative estimate of drug-likeness (QED) is 0.475. The van der Waals surface area contributed by atoms with Gasteiger partial charge in [0.25, 0.3) is 5.96 Å². The molecule has 0 saturated heterocycles. The molecule has 0 unspecified atom stereocenters. The number of hydrogen-bond acceptors (Lipinski definition) is 1. The molecular weight excluding hydrogens is 258 g/mol. The Hall–Kier alpha value is -2.13. The molecule has 0 spiro atoms. The highest BCUT2D eigenvalue weighted by atomic mass is 15.4. The van der Waals surface area contributed by atoms with E-state index in [0.29, 0.717) is 4.48 Å². The fraction of sp³-hybridized carbons (Fsp3) is 0.278. The summed E-state index contributed by atoms with van der Waals surface area (Å²) < 4.78 is 0.491. The first kappa shape index (κ1) is 15.3. The second-order valence-corrected chi connectivity index (χ2v) is 5.54. The minimum absolute atomic E-state index is 0.240. The molecule has 0 bridgehead atoms. The maximum atomic E-state index is 8.15. The highest BCUT2D eigenvalue weighted by molar-refractivity contribution is 5.67. The molecule has 0 fully saturated rings. The van der Waals surface area contributed by atoms with Gasteiger partial charge >= 0.3 is 0 Å². The zero-order valence-corrected chi connectivity index (χ0v) is 12.6. The van der Waals surface area contributed by atoms with Crippen molar-refractivity contribution in [3.8, 4) is 0 Å². The molecule has 0 aromatic heterocycles. The van der Waals surface area contributed by atoms with E-state index >= 15 is 0 Å². The van der Waals surface area contributed by atoms with Gasteiger partial charge in [0.2, 0.25) is 0 Å². The Bertz CT molecular complexity index is 522. The third kappa shape index (κ3) is 3.92. The first-order valence-electron chi connectivity index (χ1n) is 7.45. The lowest BCUT2D eigenvalue weighted by Gasteiger charge is -2.36. The van der Waals surface area contributed by atoms with Gasteiger partial charge in [-0.1, -0.05) is 67.6 Å². The van der Waals surface area contributed by atoms with Gasteiger partial charge in [-0.25, -0.2) is 5.41 Å². The van der Waals surface area contributed by atoms with Crippen LogP contribution in [0.5, 0.6) is 0 Å². The summed E-state index contributed by atoms with van der Waals surface area (Å²) in [7, 11) is 0. The van der Waals surface area contributed by atoms with Gasteiger partial charge in [-0.05, 0) is 6.42 Å². The highest BCUT2D eigenvalue weighted by Gasteiger charge is 2.31. The van der Waals surface area contributed by atoms with Crippen LogP contribution < -0.4 is 5.73 Å². The number of hydrogen-bond donors (Lipinski definition) is 2. The number of rotatable bonds is 6. The fourth-order valence-corrected chi connectivity index (χ4v) is 2.80. The molecule has 0 radical (unpaired) electrons. The largest absolute Gasteiger partial charge is 0.338 e. The molecule has 0 aliphatic rings. The molecular formula is C18H24N3+. The normalized spacial score (nSPS) is 11.3. The van der Waals surface area contributed by atoms with E-state index in [-0.39, 0.29) is 5.96 Å². The summed E-state index contributed by atoms with van der Waals surface area (Å²) in [4.78, 5) is 0. The van der Waals surface area contributed by atoms with Crippen LogP contribution in [0.25, 0.3) is 0 Å². The number of benzene rings is 2. The van der Waals surface area contributed by atoms with Crippen LogP contribution in [0.4, 0.5) is 0 Å². The van der Waals surface area contributed by atoms with Gasteiger partial charge in [0.05, 0.1) is 6.54 Å². The van der Waals surface area contributed by atoms with Crippen molar-refractivity contribution in [1.82, 2.24) is 0 Å². The molecule has 2 rings (SSSR count). The van der Waals surface area contributed by atoms with Crippen molar-refractivity contribution in [2.24, 2.45) is 5.73 Å². The molecule has 0 aliphatic heterocycles. The Morgan fingerprint density at radius 2 is 1.33 bits per heavy atom. The second-order valence-electron chi connectivity index (χ2n) is 5.54. The molecule has 2 aromatic carbocycles. The Morgan fingerprint density at radius 1 is 0.905 bits per heavy atom. The summed E-state index contributed by atoms with van der Waals surface area (Å²) in [5, 5.41) is 8.15. The van der Waals surface area contributed by atoms with E-state index < -0.39 is 0 Å². The molecule has 0 amide bonds. The monoisotopic (exact) mass is 282 g/mol. The van der Waals surface area contributed by atoms with Crippen molar-refractivity contribution in [2.75, 3.05) is 6.54 Å². The van der Waals surface area contributed by atoms with Crippen LogP contribution in [0.2, 0.25) is 0 Å². The number of nitrogens with two attached hydrogens (primary N) is 1. The van der Waals surface area contributed by atoms with Gasteiger partial charge < -0.3 is 5.73 Å². The number of quaternary nitrogens is 1. The summed E-state index contributed by atoms with van der Waals surface area (Å²) in [5.41, 5.74) is 8.45. The van der Waals surface area contributed by atoms with Crippen LogP contribution in [-0.4, -0.2) is 17.0 Å². The lowest BCUT2D eigenvalue weighted by molar-refractivity contribution is -0.871. The van der Waals surface area contributed by atoms with Crippen molar-refractivity contribution >= 4 is 5.96 Å². The van der Waals surface area contributed by atoms with Crippen LogP contribution in [0, 0.1) is 5.41 Å². The van der Waals surface area contributed by atoms with E-state index in [2.05, 4.69) is 31.2 Å². The predicted octanol–water partition coefficient (Wildman–Crippen LogP) is 3.51. The van der Waals surface area contributed by atoms with E-state index in [1.807, 2.05) is 36.4 Å². The van der Waals surface area contributed by atoms with E-state index in [9.17, 15) is 0 Å². The highest BCUT2D eigenvalue weighted by Crippen LogP contribution is 2.20. The topological polar surface area (TPSA) is 49.9 Å². The Balaban J connectivity index is 2.31. The Labute approximate surface area is 127 Å². The SMILES string of the molecule is CCC[N+](Cc1ccccc1)(Cc1ccccc1)C(=N)N. The summed E-state index contributed by atoms with van der Waals surface area (Å²) in [6.45, 7) is 4.54. The fourth-order valence-electron chi connectivity index (χ4n) is 2.80. The maximum Gasteiger partial charge on any atom is 0.292 e. The summed E-state index contributed by atoms with van der Waals surface area (Å²) >= 11 is 0. The minimum Gasteiger partial charge on any atom is -0.338 e. The van der Waals surface area contributed by atoms with Crippen LogP contribution in [-0.2, 0) is 13.1 Å². The smallest absolute Gasteiger partial charge is 0.292 e. The lowest BCUT2D eigenvalue weighted by atomic mass is 10.1. The molecule has 2 aromatic rings. The summed E-state index contributed by atoms with van der Waals surface area (Å²) in [6.07, 6.45) is 0.999. The number of guanidine groups is 1. The van der Waals surface area contributed by atoms with Gasteiger partial charge in [-0.2, -0.15) is 0 Å². The predicted molar refractivity (Wildman–Crippen MR) is 87.6 cm³/mol. The van der Waals surface area contributed by atoms with E-state index in [1.165, 1.54) is 11.1 Å². The van der Waals surface area contributed by atoms with E-state index in [4.69, 9.17) is 11.1 Å². The molecule has 0 heterocycles. The molecule has 21 heavy (non-hydrogen) atoms. The Morgan fingerprint density at radius 3 is 1.67 bits per heavy atom. The Kier molecular flexibility index (Phi) is 5.12. The van der Waals surface area contributed by atoms with Gasteiger partial charge in [0, 0.05) is 11.1 Å². The molecule has 3 N–H and O–H groups in total. The molecule has 0 saturated carbocycles. The van der Waals surface area contributed by atoms with Gasteiger partial charge in [-0.15, -0.1) is 0 Å². The van der Waals surface area contributed by atoms with Gasteiger partial charge in [-0.3, -0.25) is 4.48 Å². The third-order valence-corrected chi connectivity index (χ3v) is 3.82. The van der Waals surface area contributed by atoms with Crippen LogP contribution in [0.15, 0.2) is 60.7 Å². The summed E-state index contributed by atoms with van der Waals surface area (Å²) in [6, 6.07) is 20.6. The average molecular weight is 282 g/mol. The van der Waals surface area contributed by atoms with Crippen molar-refractivity contribution in [2.45, 2.75) is 26.4 Å². The molecule has 3 heteroatoms. The number of nitrogens with zero attached hydrogens (tertiary/aromatic N) is 1. The van der Waals surface area contributed by atoms with Crippen LogP contribution in [0.3, 0.4) is 0 Å². The average Bonchev–Trinajstić information content (AvgIpc) is 2.49. The molecule has 3 nitrogen and oxygen atoms in total. The van der Waals surface area contributed by atoms with Crippen LogP contribution in [0.1, 0.15) is 24.5 Å². The zero-order chi connectivity index (χ0) is 15.1. The molecule has 0 atom stereocenters. The molecule has 0 aliphatic carbocycles. The maximum absolute atomic E-state index is 8.15. The standard InChI is InChI=1S/C18H24N3/c1-2-13-21(18(19)20,14-16-9-5-3-6-10-16)15-17-11-7-4-8-12-17/h3-12H,2,13-15H2,1H3,(H3,19,20)/q+1. The van der Waals surface area contributed by atoms with Crippen molar-refractivity contribution in [1.29, 1.82) is 5.41 Å². The van der Waals surface area contributed by atoms with Crippen molar-refractivity contribution in [3.05, 3.63) is 71.8 Å². The lowest BCUT2D eigenvalue weighted by Crippen LogP contribution is -2.55. The van der Waals surface area contributed by atoms with E-state index in [1.54, 1.807) is 0 Å². The molecule has 110 valence electrons. The van der Waals surface area contributed by atoms with Crippen molar-refractivity contribution in [3.63, 3.8) is 0 Å². The zero-order valence-electron chi connectivity index (χ0n) is 12.6. The third-order valence-electron chi connectivity index (χ3n) is 3.82. The summed E-state index contributed by atoms with van der Waals surface area (Å²) in [5.74, 6) is 0.240. The van der Waals surface area contributed by atoms with E-state index in [0.717, 1.165) is 26.1 Å². The second kappa shape index (κ2) is 7.04. The minimum atomic E-state index is 0.240. The first-order valence-corrected chi connectivity index (χ1v) is 7.45. The van der Waals surface area contributed by atoms with Gasteiger partial charge in [0.15, 0.2) is 0 Å². The number of nitrogens with one attached hydrogen (secondary N) is 1. The first-order chi connectivity index (χ1) is 10.2.